The largest absolute Gasteiger partial charge is 0.196 e. The molecule has 0 N–H and O–H groups in total. The van der Waals surface area contributed by atoms with Crippen molar-refractivity contribution < 1.29 is 0 Å². The van der Waals surface area contributed by atoms with Crippen LogP contribution in [0.3, 0.4) is 0 Å². The number of benzene rings is 3. The average Bonchev–Trinajstić information content (AvgIpc) is 3.20. The molecule has 0 radical (unpaired) electrons. The number of nitrogens with zero attached hydrogens (tertiary/aromatic N) is 4. The summed E-state index contributed by atoms with van der Waals surface area (Å²) in [6.45, 7) is 0. The Balaban J connectivity index is 1.96. The summed E-state index contributed by atoms with van der Waals surface area (Å²) in [5, 5.41) is 39.9. The second-order valence-corrected chi connectivity index (χ2v) is 6.98. The average molecular weight is 354 g/mol. The minimum Gasteiger partial charge on any atom is -0.196 e. The molecule has 3 aromatic rings. The Labute approximate surface area is 161 Å². The van der Waals surface area contributed by atoms with Crippen LogP contribution in [0.5, 0.6) is 0 Å². The van der Waals surface area contributed by atoms with Gasteiger partial charge in [0.05, 0.1) is 24.3 Å². The van der Waals surface area contributed by atoms with Crippen LogP contribution in [-0.2, 0) is 10.8 Å². The highest BCUT2D eigenvalue weighted by molar-refractivity contribution is 5.93. The van der Waals surface area contributed by atoms with Gasteiger partial charge in [0.1, 0.15) is 0 Å². The number of nitriles is 4. The van der Waals surface area contributed by atoms with Crippen LogP contribution in [0.25, 0.3) is 22.3 Å². The van der Waals surface area contributed by atoms with E-state index < -0.39 is 10.8 Å². The summed E-state index contributed by atoms with van der Waals surface area (Å²) in [6, 6.07) is 27.2. The predicted octanol–water partition coefficient (Wildman–Crippen LogP) is 4.31. The van der Waals surface area contributed by atoms with E-state index >= 15 is 0 Å². The maximum absolute atomic E-state index is 9.97. The van der Waals surface area contributed by atoms with Crippen molar-refractivity contribution in [2.75, 3.05) is 0 Å². The Morgan fingerprint density at radius 2 is 0.821 bits per heavy atom. The van der Waals surface area contributed by atoms with Crippen molar-refractivity contribution in [2.45, 2.75) is 10.8 Å². The lowest BCUT2D eigenvalue weighted by atomic mass is 9.78. The Hall–Kier alpha value is -4.38. The molecule has 0 aromatic heterocycles. The molecule has 4 heteroatoms. The summed E-state index contributed by atoms with van der Waals surface area (Å²) >= 11 is 0. The molecule has 0 spiro atoms. The smallest absolute Gasteiger partial charge is 0.194 e. The van der Waals surface area contributed by atoms with E-state index in [1.807, 2.05) is 48.5 Å². The maximum Gasteiger partial charge on any atom is 0.194 e. The van der Waals surface area contributed by atoms with E-state index in [0.29, 0.717) is 22.3 Å². The van der Waals surface area contributed by atoms with E-state index in [1.54, 1.807) is 12.1 Å². The SMILES string of the molecule is N#CC1(C#N)c2ccccc2-c2cc3c(cc21)-c1ccccc1C3(C#N)C#N. The second-order valence-electron chi connectivity index (χ2n) is 6.98. The zero-order valence-electron chi connectivity index (χ0n) is 14.6. The number of fused-ring (bicyclic) bond motifs is 6. The van der Waals surface area contributed by atoms with Gasteiger partial charge >= 0.3 is 0 Å². The molecule has 5 rings (SSSR count). The van der Waals surface area contributed by atoms with Crippen molar-refractivity contribution in [1.29, 1.82) is 21.0 Å². The minimum atomic E-state index is -1.40. The van der Waals surface area contributed by atoms with Gasteiger partial charge in [0.2, 0.25) is 0 Å². The molecule has 4 nitrogen and oxygen atoms in total. The van der Waals surface area contributed by atoms with E-state index in [1.165, 1.54) is 0 Å². The van der Waals surface area contributed by atoms with Gasteiger partial charge < -0.3 is 0 Å². The van der Waals surface area contributed by atoms with Crippen LogP contribution in [-0.4, -0.2) is 0 Å². The van der Waals surface area contributed by atoms with Crippen molar-refractivity contribution in [3.63, 3.8) is 0 Å². The topological polar surface area (TPSA) is 95.2 Å². The molecule has 28 heavy (non-hydrogen) atoms. The Bertz CT molecular complexity index is 1230. The first-order valence-electron chi connectivity index (χ1n) is 8.70. The Morgan fingerprint density at radius 3 is 1.18 bits per heavy atom. The molecule has 126 valence electrons. The Morgan fingerprint density at radius 1 is 0.464 bits per heavy atom. The molecular weight excluding hydrogens is 344 g/mol. The molecule has 2 aliphatic carbocycles. The van der Waals surface area contributed by atoms with Crippen LogP contribution in [0.4, 0.5) is 0 Å². The highest BCUT2D eigenvalue weighted by Gasteiger charge is 2.49. The monoisotopic (exact) mass is 354 g/mol. The zero-order valence-corrected chi connectivity index (χ0v) is 14.6. The summed E-state index contributed by atoms with van der Waals surface area (Å²) in [7, 11) is 0. The van der Waals surface area contributed by atoms with Gasteiger partial charge in [-0.1, -0.05) is 48.5 Å². The Kier molecular flexibility index (Phi) is 2.87. The van der Waals surface area contributed by atoms with Crippen LogP contribution >= 0.6 is 0 Å². The fourth-order valence-corrected chi connectivity index (χ4v) is 4.58. The van der Waals surface area contributed by atoms with Crippen molar-refractivity contribution in [1.82, 2.24) is 0 Å². The third-order valence-electron chi connectivity index (χ3n) is 5.88. The highest BCUT2D eigenvalue weighted by atomic mass is 14.5. The molecule has 0 atom stereocenters. The highest BCUT2D eigenvalue weighted by Crippen LogP contribution is 2.55. The van der Waals surface area contributed by atoms with Crippen LogP contribution in [0, 0.1) is 45.3 Å². The van der Waals surface area contributed by atoms with E-state index in [-0.39, 0.29) is 0 Å². The predicted molar refractivity (Wildman–Crippen MR) is 101 cm³/mol. The molecule has 0 fully saturated rings. The molecule has 0 aliphatic heterocycles. The molecule has 0 amide bonds. The van der Waals surface area contributed by atoms with Crippen LogP contribution in [0.1, 0.15) is 22.3 Å². The lowest BCUT2D eigenvalue weighted by Gasteiger charge is -2.17. The lowest BCUT2D eigenvalue weighted by Crippen LogP contribution is -2.22. The van der Waals surface area contributed by atoms with Gasteiger partial charge in [0.25, 0.3) is 0 Å². The molecule has 0 saturated carbocycles. The molecule has 0 saturated heterocycles. The molecule has 0 bridgehead atoms. The van der Waals surface area contributed by atoms with Gasteiger partial charge in [-0.3, -0.25) is 0 Å². The van der Waals surface area contributed by atoms with Crippen LogP contribution in [0.15, 0.2) is 60.7 Å². The summed E-state index contributed by atoms with van der Waals surface area (Å²) < 4.78 is 0. The summed E-state index contributed by atoms with van der Waals surface area (Å²) in [4.78, 5) is 0. The molecule has 3 aromatic carbocycles. The second kappa shape index (κ2) is 5.08. The minimum absolute atomic E-state index is 0.610. The van der Waals surface area contributed by atoms with Crippen molar-refractivity contribution in [3.8, 4) is 46.5 Å². The zero-order chi connectivity index (χ0) is 19.5. The quantitative estimate of drug-likeness (QED) is 0.601. The molecule has 2 aliphatic rings. The van der Waals surface area contributed by atoms with Gasteiger partial charge in [-0.25, -0.2) is 0 Å². The molecule has 0 unspecified atom stereocenters. The summed E-state index contributed by atoms with van der Waals surface area (Å²) in [6.07, 6.45) is 0. The van der Waals surface area contributed by atoms with E-state index in [4.69, 9.17) is 0 Å². The third kappa shape index (κ3) is 1.53. The standard InChI is InChI=1S/C24H10N4/c25-11-23(12-26)19-7-3-1-5-15(19)17-9-22-18(10-21(17)23)16-6-2-4-8-20(16)24(22,13-27)14-28/h1-10H. The fourth-order valence-electron chi connectivity index (χ4n) is 4.58. The lowest BCUT2D eigenvalue weighted by molar-refractivity contribution is 0.866. The third-order valence-corrected chi connectivity index (χ3v) is 5.88. The normalized spacial score (nSPS) is 15.6. The number of rotatable bonds is 0. The number of hydrogen-bond donors (Lipinski definition) is 0. The van der Waals surface area contributed by atoms with Gasteiger partial charge in [-0.2, -0.15) is 21.0 Å². The van der Waals surface area contributed by atoms with Crippen molar-refractivity contribution >= 4 is 0 Å². The van der Waals surface area contributed by atoms with Gasteiger partial charge in [-0.15, -0.1) is 0 Å². The van der Waals surface area contributed by atoms with Crippen molar-refractivity contribution in [2.24, 2.45) is 0 Å². The summed E-state index contributed by atoms with van der Waals surface area (Å²) in [5.41, 5.74) is 2.77. The first kappa shape index (κ1) is 15.8. The van der Waals surface area contributed by atoms with E-state index in [2.05, 4.69) is 24.3 Å². The summed E-state index contributed by atoms with van der Waals surface area (Å²) in [5.74, 6) is 0. The molecule has 0 heterocycles. The van der Waals surface area contributed by atoms with Gasteiger partial charge in [-0.05, 0) is 56.6 Å². The van der Waals surface area contributed by atoms with Gasteiger partial charge in [0, 0.05) is 0 Å². The van der Waals surface area contributed by atoms with Gasteiger partial charge in [0.15, 0.2) is 10.8 Å². The van der Waals surface area contributed by atoms with Crippen molar-refractivity contribution in [3.05, 3.63) is 82.9 Å². The van der Waals surface area contributed by atoms with E-state index in [0.717, 1.165) is 22.3 Å². The molecular formula is C24H10N4. The van der Waals surface area contributed by atoms with Crippen LogP contribution < -0.4 is 0 Å². The van der Waals surface area contributed by atoms with E-state index in [9.17, 15) is 21.0 Å². The fraction of sp³-hybridized carbons (Fsp3) is 0.0833. The number of hydrogen-bond acceptors (Lipinski definition) is 4. The first-order chi connectivity index (χ1) is 13.7. The van der Waals surface area contributed by atoms with Crippen LogP contribution in [0.2, 0.25) is 0 Å². The maximum atomic E-state index is 9.97. The first-order valence-corrected chi connectivity index (χ1v) is 8.70.